The summed E-state index contributed by atoms with van der Waals surface area (Å²) in [4.78, 5) is 14.2. The molecule has 0 saturated carbocycles. The molecule has 3 aliphatic heterocycles. The second-order valence-electron chi connectivity index (χ2n) is 13.1. The van der Waals surface area contributed by atoms with E-state index in [1.807, 2.05) is 0 Å². The summed E-state index contributed by atoms with van der Waals surface area (Å²) < 4.78 is 0. The minimum atomic E-state index is -0.0168. The van der Waals surface area contributed by atoms with E-state index in [0.29, 0.717) is 0 Å². The minimum Gasteiger partial charge on any atom is -0.657 e. The van der Waals surface area contributed by atoms with Gasteiger partial charge >= 0.3 is 0 Å². The van der Waals surface area contributed by atoms with E-state index in [4.69, 9.17) is 4.98 Å². The Labute approximate surface area is 313 Å². The van der Waals surface area contributed by atoms with Crippen LogP contribution < -0.4 is 15.7 Å². The summed E-state index contributed by atoms with van der Waals surface area (Å²) in [5, 5.41) is 1.98. The number of benzene rings is 4. The van der Waals surface area contributed by atoms with Gasteiger partial charge in [-0.05, 0) is 57.7 Å². The molecule has 0 spiro atoms. The van der Waals surface area contributed by atoms with Crippen molar-refractivity contribution >= 4 is 22.3 Å². The summed E-state index contributed by atoms with van der Waals surface area (Å²) in [6.45, 7) is 0. The first-order chi connectivity index (χ1) is 24.7. The first kappa shape index (κ1) is 32.6. The van der Waals surface area contributed by atoms with Gasteiger partial charge in [0.25, 0.3) is 0 Å². The fraction of sp³-hybridized carbons (Fsp3) is 0.0870. The number of H-pyrrole nitrogens is 1. The van der Waals surface area contributed by atoms with Gasteiger partial charge in [0.05, 0.1) is 12.1 Å². The van der Waals surface area contributed by atoms with Crippen LogP contribution >= 0.6 is 0 Å². The van der Waals surface area contributed by atoms with Crippen molar-refractivity contribution in [3.05, 3.63) is 226 Å². The summed E-state index contributed by atoms with van der Waals surface area (Å²) in [5.41, 5.74) is 13.8. The Kier molecular flexibility index (Phi) is 8.71. The number of nitrogens with zero attached hydrogens (tertiary/aromatic N) is 3. The molecule has 9 rings (SSSR count). The van der Waals surface area contributed by atoms with Crippen molar-refractivity contribution in [2.75, 3.05) is 14.1 Å². The average molecular weight is 841 g/mol. The zero-order valence-corrected chi connectivity index (χ0v) is 30.8. The van der Waals surface area contributed by atoms with Crippen molar-refractivity contribution in [1.82, 2.24) is 19.8 Å². The third-order valence-corrected chi connectivity index (χ3v) is 10.3. The molecule has 8 bridgehead atoms. The van der Waals surface area contributed by atoms with Gasteiger partial charge in [-0.2, -0.15) is 0 Å². The molecule has 3 aliphatic rings. The smallest absolute Gasteiger partial charge is 0.0721 e. The molecule has 0 saturated heterocycles. The Balaban J connectivity index is 0.00000374. The van der Waals surface area contributed by atoms with Crippen LogP contribution in [0.2, 0.25) is 0 Å². The third kappa shape index (κ3) is 5.70. The number of aromatic nitrogens is 2. The molecule has 0 amide bonds. The van der Waals surface area contributed by atoms with E-state index in [1.54, 1.807) is 0 Å². The van der Waals surface area contributed by atoms with Crippen LogP contribution in [0.25, 0.3) is 22.3 Å². The van der Waals surface area contributed by atoms with E-state index in [0.717, 1.165) is 44.6 Å². The Bertz CT molecular complexity index is 2280. The van der Waals surface area contributed by atoms with Crippen molar-refractivity contribution in [3.8, 4) is 0 Å². The van der Waals surface area contributed by atoms with Crippen LogP contribution in [0.15, 0.2) is 181 Å². The van der Waals surface area contributed by atoms with Crippen LogP contribution in [0.3, 0.4) is 0 Å². The van der Waals surface area contributed by atoms with Crippen molar-refractivity contribution in [2.24, 2.45) is 0 Å². The van der Waals surface area contributed by atoms with E-state index < -0.39 is 0 Å². The van der Waals surface area contributed by atoms with E-state index in [9.17, 15) is 0 Å². The number of rotatable bonds is 4. The molecule has 2 aromatic heterocycles. The summed E-state index contributed by atoms with van der Waals surface area (Å²) >= 11 is 0. The number of fused-ring (bicyclic) bond motifs is 8. The summed E-state index contributed by atoms with van der Waals surface area (Å²) in [6.07, 6.45) is 9.23. The second kappa shape index (κ2) is 13.6. The third-order valence-electron chi connectivity index (χ3n) is 10.3. The molecule has 4 nitrogen and oxygen atoms in total. The number of hydrogen-bond donors (Lipinski definition) is 1. The number of hydrogen-bond acceptors (Lipinski definition) is 2. The van der Waals surface area contributed by atoms with E-state index in [1.165, 1.54) is 33.4 Å². The number of aromatic amines is 1. The van der Waals surface area contributed by atoms with Gasteiger partial charge in [-0.1, -0.05) is 146 Å². The Morgan fingerprint density at radius 2 is 0.804 bits per heavy atom. The first-order valence-electron chi connectivity index (χ1n) is 17.3. The molecule has 252 valence electrons. The maximum Gasteiger partial charge on any atom is 0.0721 e. The van der Waals surface area contributed by atoms with Crippen LogP contribution in [-0.2, 0) is 21.1 Å². The molecular weight excluding hydrogens is 804 g/mol. The van der Waals surface area contributed by atoms with Gasteiger partial charge < -0.3 is 19.8 Å². The molecule has 1 N–H and O–H groups in total. The van der Waals surface area contributed by atoms with Crippen LogP contribution in [-0.4, -0.2) is 41.0 Å². The fourth-order valence-corrected chi connectivity index (χ4v) is 7.87. The Morgan fingerprint density at radius 1 is 0.451 bits per heavy atom. The van der Waals surface area contributed by atoms with Crippen LogP contribution in [0.4, 0.5) is 0 Å². The van der Waals surface area contributed by atoms with Gasteiger partial charge in [0.15, 0.2) is 0 Å². The van der Waals surface area contributed by atoms with Crippen molar-refractivity contribution < 1.29 is 21.1 Å². The molecule has 0 fully saturated rings. The van der Waals surface area contributed by atoms with Gasteiger partial charge in [-0.25, -0.2) is 0 Å². The average Bonchev–Trinajstić information content (AvgIpc) is 3.98. The first-order valence-corrected chi connectivity index (χ1v) is 17.3. The predicted molar refractivity (Wildman–Crippen MR) is 204 cm³/mol. The Morgan fingerprint density at radius 3 is 1.18 bits per heavy atom. The fourth-order valence-electron chi connectivity index (χ4n) is 7.87. The minimum absolute atomic E-state index is 0. The monoisotopic (exact) mass is 840 g/mol. The van der Waals surface area contributed by atoms with Crippen LogP contribution in [0, 0.1) is 0 Å². The normalized spacial score (nSPS) is 23.1. The SMILES string of the molecule is CN1/C2=C(/c3ccccc3)c3ccc([nH]3)/C(c3ccccc3)=C3/C=CC(/C(c4ccccc4)=c4/cc/c([n-]4)=C(\c4ccccc4)C1C=C2)N3C.[Pt]. The van der Waals surface area contributed by atoms with Gasteiger partial charge in [-0.15, -0.1) is 10.7 Å². The molecule has 4 aromatic carbocycles. The molecule has 0 aliphatic carbocycles. The van der Waals surface area contributed by atoms with Gasteiger partial charge in [0.1, 0.15) is 0 Å². The van der Waals surface area contributed by atoms with E-state index in [-0.39, 0.29) is 33.1 Å². The summed E-state index contributed by atoms with van der Waals surface area (Å²) in [5.74, 6) is 0. The van der Waals surface area contributed by atoms with Crippen molar-refractivity contribution in [3.63, 3.8) is 0 Å². The predicted octanol–water partition coefficient (Wildman–Crippen LogP) is 7.34. The zero-order chi connectivity index (χ0) is 33.6. The largest absolute Gasteiger partial charge is 0.657 e. The second-order valence-corrected chi connectivity index (χ2v) is 13.1. The molecule has 2 unspecified atom stereocenters. The van der Waals surface area contributed by atoms with Crippen LogP contribution in [0.5, 0.6) is 0 Å². The number of allylic oxidation sites excluding steroid dienone is 2. The van der Waals surface area contributed by atoms with Gasteiger partial charge in [0.2, 0.25) is 0 Å². The van der Waals surface area contributed by atoms with Gasteiger partial charge in [-0.3, -0.25) is 0 Å². The topological polar surface area (TPSA) is 36.4 Å². The van der Waals surface area contributed by atoms with E-state index >= 15 is 0 Å². The molecular formula is C46H37N4Pt-. The number of likely N-dealkylation sites (N-methyl/N-ethyl adjacent to an activating group) is 2. The molecule has 51 heavy (non-hydrogen) atoms. The summed E-state index contributed by atoms with van der Waals surface area (Å²) in [7, 11) is 4.42. The maximum atomic E-state index is 5.49. The maximum absolute atomic E-state index is 5.49. The summed E-state index contributed by atoms with van der Waals surface area (Å²) in [6, 6.07) is 51.8. The quantitative estimate of drug-likeness (QED) is 0.202. The van der Waals surface area contributed by atoms with Crippen LogP contribution in [0.1, 0.15) is 33.6 Å². The van der Waals surface area contributed by atoms with Crippen molar-refractivity contribution in [2.45, 2.75) is 12.1 Å². The molecule has 0 radical (unpaired) electrons. The Hall–Kier alpha value is -5.57. The van der Waals surface area contributed by atoms with Gasteiger partial charge in [0, 0.05) is 69.1 Å². The zero-order valence-electron chi connectivity index (χ0n) is 28.5. The standard InChI is InChI=1S/C46H37N4.Pt/c1-49-39-27-28-40(49)44(32-17-9-4-10-18-32)36-24-26-38(48-36)46(34-21-13-6-14-22-34)42-30-29-41(50(42)2)45(33-19-11-5-12-20-33)37-25-23-35(47-37)43(39)31-15-7-3-8-16-31;/h3-30,39,41,48H,1-2H3;/q-1;/b43-35-,44-40-,45-37-,46-42-;. The molecule has 6 aromatic rings. The molecule has 5 heteroatoms. The van der Waals surface area contributed by atoms with Crippen molar-refractivity contribution in [1.29, 1.82) is 0 Å². The molecule has 5 heterocycles. The molecule has 2 atom stereocenters. The van der Waals surface area contributed by atoms with E-state index in [2.05, 4.69) is 199 Å². The number of nitrogens with one attached hydrogen (secondary N) is 1.